The van der Waals surface area contributed by atoms with Gasteiger partial charge in [-0.2, -0.15) is 0 Å². The minimum absolute atomic E-state index is 0.0949. The Kier molecular flexibility index (Phi) is 7.73. The highest BCUT2D eigenvalue weighted by molar-refractivity contribution is 6.15. The minimum Gasteiger partial charge on any atom is -0.506 e. The highest BCUT2D eigenvalue weighted by Gasteiger charge is 2.17. The van der Waals surface area contributed by atoms with Gasteiger partial charge >= 0.3 is 11.9 Å². The van der Waals surface area contributed by atoms with Crippen LogP contribution >= 0.6 is 0 Å². The van der Waals surface area contributed by atoms with Gasteiger partial charge in [-0.05, 0) is 19.1 Å². The van der Waals surface area contributed by atoms with Gasteiger partial charge in [-0.3, -0.25) is 5.43 Å². The number of fused-ring (bicyclic) bond motifs is 1. The van der Waals surface area contributed by atoms with Crippen molar-refractivity contribution in [1.82, 2.24) is 20.0 Å². The predicted octanol–water partition coefficient (Wildman–Crippen LogP) is 2.26. The fraction of sp³-hybridized carbons (Fsp3) is 0.136. The zero-order chi connectivity index (χ0) is 23.6. The largest absolute Gasteiger partial charge is 0.506 e. The van der Waals surface area contributed by atoms with E-state index in [9.17, 15) is 14.7 Å². The van der Waals surface area contributed by atoms with E-state index in [4.69, 9.17) is 9.47 Å². The van der Waals surface area contributed by atoms with Crippen LogP contribution < -0.4 is 10.9 Å². The molecule has 0 aliphatic rings. The van der Waals surface area contributed by atoms with Crippen molar-refractivity contribution >= 4 is 35.4 Å². The Balaban J connectivity index is 1.84. The molecule has 2 heterocycles. The first-order chi connectivity index (χ1) is 16.0. The molecule has 0 radical (unpaired) electrons. The lowest BCUT2D eigenvalue weighted by Gasteiger charge is -2.08. The average Bonchev–Trinajstić information content (AvgIpc) is 3.31. The number of carbonyl (C=O) groups excluding carboxylic acids is 2. The number of hydrazine groups is 1. The van der Waals surface area contributed by atoms with Gasteiger partial charge in [0.1, 0.15) is 11.3 Å². The van der Waals surface area contributed by atoms with E-state index in [0.717, 1.165) is 6.21 Å². The fourth-order valence-electron chi connectivity index (χ4n) is 2.62. The van der Waals surface area contributed by atoms with Crippen molar-refractivity contribution in [1.29, 1.82) is 0 Å². The Morgan fingerprint density at radius 3 is 2.70 bits per heavy atom. The van der Waals surface area contributed by atoms with Crippen LogP contribution in [0.3, 0.4) is 0 Å². The van der Waals surface area contributed by atoms with Crippen LogP contribution in [0.4, 0.5) is 5.82 Å². The number of hydrogen-bond donors (Lipinski definition) is 3. The van der Waals surface area contributed by atoms with E-state index in [2.05, 4.69) is 25.9 Å². The molecule has 1 aromatic carbocycles. The summed E-state index contributed by atoms with van der Waals surface area (Å²) in [6, 6.07) is 11.9. The van der Waals surface area contributed by atoms with Crippen molar-refractivity contribution in [3.05, 3.63) is 77.9 Å². The lowest BCUT2D eigenvalue weighted by Crippen LogP contribution is -2.19. The normalized spacial score (nSPS) is 12.4. The maximum absolute atomic E-state index is 12.4. The number of nitrogens with zero attached hydrogens (tertiary/aromatic N) is 4. The molecule has 11 nitrogen and oxygen atoms in total. The zero-order valence-corrected chi connectivity index (χ0v) is 17.9. The van der Waals surface area contributed by atoms with Crippen molar-refractivity contribution in [2.45, 2.75) is 6.92 Å². The molecule has 0 aliphatic heterocycles. The number of carbonyl (C=O) groups is 2. The van der Waals surface area contributed by atoms with Crippen LogP contribution in [0.25, 0.3) is 11.4 Å². The number of rotatable bonds is 9. The van der Waals surface area contributed by atoms with Gasteiger partial charge in [0.2, 0.25) is 0 Å². The summed E-state index contributed by atoms with van der Waals surface area (Å²) in [7, 11) is 1.19. The summed E-state index contributed by atoms with van der Waals surface area (Å²) < 4.78 is 11.3. The number of esters is 2. The number of benzene rings is 1. The number of aliphatic hydroxyl groups is 1. The van der Waals surface area contributed by atoms with E-state index in [1.165, 1.54) is 13.3 Å². The van der Waals surface area contributed by atoms with Crippen LogP contribution in [-0.4, -0.2) is 51.6 Å². The minimum atomic E-state index is -0.796. The molecule has 3 N–H and O–H groups in total. The van der Waals surface area contributed by atoms with E-state index in [1.807, 2.05) is 0 Å². The number of ether oxygens (including phenoxy) is 2. The number of aromatic nitrogens is 3. The first-order valence-electron chi connectivity index (χ1n) is 9.83. The summed E-state index contributed by atoms with van der Waals surface area (Å²) in [5.41, 5.74) is 6.14. The molecular weight excluding hydrogens is 428 g/mol. The van der Waals surface area contributed by atoms with Gasteiger partial charge in [-0.25, -0.2) is 24.1 Å². The Labute approximate surface area is 189 Å². The molecule has 0 atom stereocenters. The summed E-state index contributed by atoms with van der Waals surface area (Å²) in [6.07, 6.45) is 5.57. The molecule has 0 bridgehead atoms. The number of nitrogens with one attached hydrogen (secondary N) is 2. The Hall–Kier alpha value is -4.67. The molecule has 0 saturated carbocycles. The maximum Gasteiger partial charge on any atom is 0.358 e. The second-order valence-electron chi connectivity index (χ2n) is 6.35. The van der Waals surface area contributed by atoms with E-state index < -0.39 is 11.9 Å². The molecule has 170 valence electrons. The number of aliphatic hydroxyl groups excluding tert-OH is 1. The highest BCUT2D eigenvalue weighted by atomic mass is 16.5. The molecule has 0 fully saturated rings. The molecule has 0 unspecified atom stereocenters. The third kappa shape index (κ3) is 5.94. The topological polar surface area (TPSA) is 139 Å². The van der Waals surface area contributed by atoms with E-state index >= 15 is 0 Å². The molecule has 0 amide bonds. The molecule has 33 heavy (non-hydrogen) atoms. The Bertz CT molecular complexity index is 1220. The van der Waals surface area contributed by atoms with Crippen LogP contribution in [-0.2, 0) is 19.1 Å². The van der Waals surface area contributed by atoms with Gasteiger partial charge in [0.05, 0.1) is 19.9 Å². The number of methoxy groups -OCH3 is 1. The highest BCUT2D eigenvalue weighted by Crippen LogP contribution is 2.16. The molecule has 0 spiro atoms. The maximum atomic E-state index is 12.4. The van der Waals surface area contributed by atoms with Crippen molar-refractivity contribution in [3.63, 3.8) is 0 Å². The van der Waals surface area contributed by atoms with Gasteiger partial charge in [-0.1, -0.05) is 30.3 Å². The number of imidazole rings is 1. The Morgan fingerprint density at radius 1 is 1.18 bits per heavy atom. The lowest BCUT2D eigenvalue weighted by molar-refractivity contribution is -0.138. The van der Waals surface area contributed by atoms with Crippen molar-refractivity contribution in [2.24, 2.45) is 4.99 Å². The Morgan fingerprint density at radius 2 is 1.97 bits per heavy atom. The monoisotopic (exact) mass is 450 g/mol. The van der Waals surface area contributed by atoms with Gasteiger partial charge < -0.3 is 20.0 Å². The summed E-state index contributed by atoms with van der Waals surface area (Å²) in [6.45, 7) is 1.73. The first-order valence-corrected chi connectivity index (χ1v) is 9.83. The fourth-order valence-corrected chi connectivity index (χ4v) is 2.62. The smallest absolute Gasteiger partial charge is 0.358 e. The van der Waals surface area contributed by atoms with Crippen molar-refractivity contribution in [3.8, 4) is 0 Å². The van der Waals surface area contributed by atoms with E-state index in [-0.39, 0.29) is 23.6 Å². The number of aliphatic imine (C=N–C) groups is 1. The van der Waals surface area contributed by atoms with Crippen LogP contribution in [0.1, 0.15) is 12.5 Å². The van der Waals surface area contributed by atoms with Crippen LogP contribution in [0.2, 0.25) is 0 Å². The van der Waals surface area contributed by atoms with Crippen LogP contribution in [0.15, 0.2) is 77.3 Å². The summed E-state index contributed by atoms with van der Waals surface area (Å²) in [4.78, 5) is 32.7. The summed E-state index contributed by atoms with van der Waals surface area (Å²) >= 11 is 0. The average molecular weight is 450 g/mol. The standard InChI is InChI=1S/C22H22N6O5/c1-3-33-21(30)16(20(29)15-7-5-4-6-8-15)13-24-17(22(31)32-2)14-25-26-18-9-10-19-23-11-12-28(19)27-18/h4-14,25,29H,3H2,1-2H3,(H,26,27)/b17-14-,20-16+,24-13+. The zero-order valence-electron chi connectivity index (χ0n) is 17.9. The third-order valence-corrected chi connectivity index (χ3v) is 4.19. The molecule has 0 saturated heterocycles. The lowest BCUT2D eigenvalue weighted by atomic mass is 10.1. The first kappa shape index (κ1) is 23.0. The van der Waals surface area contributed by atoms with E-state index in [1.54, 1.807) is 66.3 Å². The number of hydrogen-bond acceptors (Lipinski definition) is 10. The molecule has 11 heteroatoms. The predicted molar refractivity (Wildman–Crippen MR) is 121 cm³/mol. The van der Waals surface area contributed by atoms with E-state index in [0.29, 0.717) is 17.0 Å². The SMILES string of the molecule is CCOC(=O)C(/C=N/C(=C\NNc1ccc2nccn2n1)C(=O)OC)=C(/O)c1ccccc1. The quantitative estimate of drug-likeness (QED) is 0.147. The molecule has 0 aliphatic carbocycles. The molecule has 3 rings (SSSR count). The van der Waals surface area contributed by atoms with Gasteiger partial charge in [-0.15, -0.1) is 5.10 Å². The van der Waals surface area contributed by atoms with Crippen LogP contribution in [0.5, 0.6) is 0 Å². The molecule has 2 aromatic heterocycles. The summed E-state index contributed by atoms with van der Waals surface area (Å²) in [5.74, 6) is -1.47. The van der Waals surface area contributed by atoms with Gasteiger partial charge in [0, 0.05) is 24.2 Å². The molecule has 3 aromatic rings. The molecular formula is C22H22N6O5. The number of anilines is 1. The van der Waals surface area contributed by atoms with Gasteiger partial charge in [0.15, 0.2) is 17.2 Å². The second kappa shape index (κ2) is 11.1. The van der Waals surface area contributed by atoms with Gasteiger partial charge in [0.25, 0.3) is 0 Å². The summed E-state index contributed by atoms with van der Waals surface area (Å²) in [5, 5.41) is 14.9. The van der Waals surface area contributed by atoms with Crippen molar-refractivity contribution < 1.29 is 24.2 Å². The third-order valence-electron chi connectivity index (χ3n) is 4.19. The van der Waals surface area contributed by atoms with Crippen LogP contribution in [0, 0.1) is 0 Å². The van der Waals surface area contributed by atoms with Crippen molar-refractivity contribution in [2.75, 3.05) is 19.1 Å². The second-order valence-corrected chi connectivity index (χ2v) is 6.35.